The van der Waals surface area contributed by atoms with Crippen LogP contribution in [0.2, 0.25) is 0 Å². The van der Waals surface area contributed by atoms with E-state index in [1.807, 2.05) is 16.2 Å². The van der Waals surface area contributed by atoms with Crippen LogP contribution in [0.1, 0.15) is 18.7 Å². The maximum absolute atomic E-state index is 11.2. The maximum Gasteiger partial charge on any atom is 0.183 e. The lowest BCUT2D eigenvalue weighted by Gasteiger charge is -2.05. The smallest absolute Gasteiger partial charge is 0.183 e. The van der Waals surface area contributed by atoms with Crippen LogP contribution in [0.25, 0.3) is 5.65 Å². The summed E-state index contributed by atoms with van der Waals surface area (Å²) < 4.78 is 1.97. The minimum absolute atomic E-state index is 0.0189. The number of pyridine rings is 1. The van der Waals surface area contributed by atoms with E-state index in [0.29, 0.717) is 5.25 Å². The van der Waals surface area contributed by atoms with Gasteiger partial charge in [0.05, 0.1) is 0 Å². The van der Waals surface area contributed by atoms with Gasteiger partial charge in [-0.15, -0.1) is 0 Å². The lowest BCUT2D eigenvalue weighted by Crippen LogP contribution is -2.07. The standard InChI is InChI=1S/C11H13N3OS/c15-8-3-4-14-10(6-8)12-13-11(14)7-9-2-1-5-16-9/h3-4,6,9,12H,1-2,5,7H2. The van der Waals surface area contributed by atoms with Gasteiger partial charge < -0.3 is 0 Å². The number of nitrogens with one attached hydrogen (secondary N) is 1. The number of hydrogen-bond acceptors (Lipinski definition) is 3. The van der Waals surface area contributed by atoms with Crippen molar-refractivity contribution in [3.8, 4) is 0 Å². The second-order valence-electron chi connectivity index (χ2n) is 4.10. The summed E-state index contributed by atoms with van der Waals surface area (Å²) in [6.45, 7) is 0. The van der Waals surface area contributed by atoms with Crippen molar-refractivity contribution in [2.75, 3.05) is 5.75 Å². The lowest BCUT2D eigenvalue weighted by molar-refractivity contribution is 0.738. The van der Waals surface area contributed by atoms with E-state index in [9.17, 15) is 4.79 Å². The third-order valence-electron chi connectivity index (χ3n) is 2.94. The first-order valence-corrected chi connectivity index (χ1v) is 6.55. The Kier molecular flexibility index (Phi) is 2.47. The van der Waals surface area contributed by atoms with E-state index in [0.717, 1.165) is 17.9 Å². The Morgan fingerprint density at radius 1 is 1.62 bits per heavy atom. The number of rotatable bonds is 2. The fourth-order valence-electron chi connectivity index (χ4n) is 2.12. The molecule has 84 valence electrons. The molecule has 1 aliphatic heterocycles. The Labute approximate surface area is 97.1 Å². The molecule has 3 rings (SSSR count). The fourth-order valence-corrected chi connectivity index (χ4v) is 3.39. The number of fused-ring (bicyclic) bond motifs is 1. The van der Waals surface area contributed by atoms with Gasteiger partial charge in [0.15, 0.2) is 5.43 Å². The summed E-state index contributed by atoms with van der Waals surface area (Å²) in [5.41, 5.74) is 0.802. The summed E-state index contributed by atoms with van der Waals surface area (Å²) >= 11 is 2.02. The summed E-state index contributed by atoms with van der Waals surface area (Å²) in [5, 5.41) is 7.88. The average molecular weight is 235 g/mol. The minimum Gasteiger partial charge on any atom is -0.290 e. The summed E-state index contributed by atoms with van der Waals surface area (Å²) in [5.74, 6) is 2.29. The Morgan fingerprint density at radius 2 is 2.56 bits per heavy atom. The molecule has 1 N–H and O–H groups in total. The summed E-state index contributed by atoms with van der Waals surface area (Å²) in [6, 6.07) is 3.16. The average Bonchev–Trinajstić information content (AvgIpc) is 2.89. The second-order valence-corrected chi connectivity index (χ2v) is 5.50. The number of aromatic nitrogens is 3. The van der Waals surface area contributed by atoms with E-state index in [4.69, 9.17) is 0 Å². The minimum atomic E-state index is 0.0189. The lowest BCUT2D eigenvalue weighted by atomic mass is 10.2. The van der Waals surface area contributed by atoms with Crippen LogP contribution in [0.15, 0.2) is 23.1 Å². The van der Waals surface area contributed by atoms with E-state index in [-0.39, 0.29) is 5.43 Å². The molecule has 1 fully saturated rings. The van der Waals surface area contributed by atoms with Gasteiger partial charge in [-0.1, -0.05) is 0 Å². The summed E-state index contributed by atoms with van der Waals surface area (Å²) in [6.07, 6.45) is 5.37. The first-order chi connectivity index (χ1) is 7.83. The van der Waals surface area contributed by atoms with Crippen LogP contribution >= 0.6 is 11.8 Å². The van der Waals surface area contributed by atoms with E-state index >= 15 is 0 Å². The van der Waals surface area contributed by atoms with Gasteiger partial charge in [-0.05, 0) is 18.6 Å². The molecule has 1 atom stereocenters. The number of aromatic amines is 1. The van der Waals surface area contributed by atoms with Crippen molar-refractivity contribution in [2.45, 2.75) is 24.5 Å². The predicted octanol–water partition coefficient (Wildman–Crippen LogP) is 1.46. The molecule has 16 heavy (non-hydrogen) atoms. The SMILES string of the molecule is O=c1ccn2c(CC3CCCS3)n[nH]c2c1. The van der Waals surface area contributed by atoms with Gasteiger partial charge in [0.2, 0.25) is 0 Å². The zero-order chi connectivity index (χ0) is 11.0. The van der Waals surface area contributed by atoms with Gasteiger partial charge in [0.25, 0.3) is 0 Å². The molecular weight excluding hydrogens is 222 g/mol. The van der Waals surface area contributed by atoms with E-state index in [2.05, 4.69) is 10.2 Å². The molecule has 1 unspecified atom stereocenters. The van der Waals surface area contributed by atoms with Crippen LogP contribution < -0.4 is 5.43 Å². The molecule has 1 aliphatic rings. The van der Waals surface area contributed by atoms with Crippen molar-refractivity contribution in [1.82, 2.24) is 14.6 Å². The van der Waals surface area contributed by atoms with Crippen molar-refractivity contribution in [1.29, 1.82) is 0 Å². The van der Waals surface area contributed by atoms with E-state index in [1.165, 1.54) is 18.6 Å². The van der Waals surface area contributed by atoms with Crippen LogP contribution in [-0.4, -0.2) is 25.6 Å². The van der Waals surface area contributed by atoms with E-state index in [1.54, 1.807) is 18.3 Å². The van der Waals surface area contributed by atoms with Gasteiger partial charge in [-0.25, -0.2) is 0 Å². The van der Waals surface area contributed by atoms with Crippen molar-refractivity contribution < 1.29 is 0 Å². The third kappa shape index (κ3) is 1.75. The molecule has 0 aliphatic carbocycles. The highest BCUT2D eigenvalue weighted by molar-refractivity contribution is 8.00. The van der Waals surface area contributed by atoms with Crippen LogP contribution in [0.5, 0.6) is 0 Å². The Balaban J connectivity index is 1.94. The maximum atomic E-state index is 11.2. The first kappa shape index (κ1) is 9.96. The van der Waals surface area contributed by atoms with Gasteiger partial charge in [-0.3, -0.25) is 14.3 Å². The highest BCUT2D eigenvalue weighted by Crippen LogP contribution is 2.28. The zero-order valence-electron chi connectivity index (χ0n) is 8.85. The van der Waals surface area contributed by atoms with Gasteiger partial charge in [-0.2, -0.15) is 16.9 Å². The molecule has 2 aromatic rings. The zero-order valence-corrected chi connectivity index (χ0v) is 9.67. The number of nitrogens with zero attached hydrogens (tertiary/aromatic N) is 2. The molecular formula is C11H13N3OS. The van der Waals surface area contributed by atoms with Crippen LogP contribution in [0, 0.1) is 0 Å². The largest absolute Gasteiger partial charge is 0.290 e. The predicted molar refractivity (Wildman–Crippen MR) is 65.0 cm³/mol. The van der Waals surface area contributed by atoms with Crippen molar-refractivity contribution in [3.63, 3.8) is 0 Å². The molecule has 4 nitrogen and oxygen atoms in total. The van der Waals surface area contributed by atoms with Crippen molar-refractivity contribution >= 4 is 17.4 Å². The Hall–Kier alpha value is -1.23. The molecule has 0 bridgehead atoms. The van der Waals surface area contributed by atoms with Gasteiger partial charge in [0.1, 0.15) is 11.5 Å². The molecule has 2 aromatic heterocycles. The summed E-state index contributed by atoms with van der Waals surface area (Å²) in [4.78, 5) is 11.2. The van der Waals surface area contributed by atoms with Crippen LogP contribution in [0.4, 0.5) is 0 Å². The fraction of sp³-hybridized carbons (Fsp3) is 0.455. The highest BCUT2D eigenvalue weighted by Gasteiger charge is 2.18. The third-order valence-corrected chi connectivity index (χ3v) is 4.34. The Morgan fingerprint density at radius 3 is 3.38 bits per heavy atom. The van der Waals surface area contributed by atoms with Crippen molar-refractivity contribution in [2.24, 2.45) is 0 Å². The summed E-state index contributed by atoms with van der Waals surface area (Å²) in [7, 11) is 0. The molecule has 3 heterocycles. The molecule has 0 saturated carbocycles. The molecule has 5 heteroatoms. The molecule has 0 spiro atoms. The van der Waals surface area contributed by atoms with Gasteiger partial charge in [0, 0.05) is 30.0 Å². The topological polar surface area (TPSA) is 50.2 Å². The quantitative estimate of drug-likeness (QED) is 0.857. The van der Waals surface area contributed by atoms with Crippen molar-refractivity contribution in [3.05, 3.63) is 34.4 Å². The molecule has 1 saturated heterocycles. The Bertz CT molecular complexity index is 554. The number of H-pyrrole nitrogens is 1. The van der Waals surface area contributed by atoms with Crippen LogP contribution in [0.3, 0.4) is 0 Å². The normalized spacial score (nSPS) is 20.6. The second kappa shape index (κ2) is 3.97. The van der Waals surface area contributed by atoms with Crippen LogP contribution in [-0.2, 0) is 6.42 Å². The molecule has 0 radical (unpaired) electrons. The monoisotopic (exact) mass is 235 g/mol. The molecule has 0 aromatic carbocycles. The number of thioether (sulfide) groups is 1. The number of hydrogen-bond donors (Lipinski definition) is 1. The highest BCUT2D eigenvalue weighted by atomic mass is 32.2. The van der Waals surface area contributed by atoms with Gasteiger partial charge >= 0.3 is 0 Å². The first-order valence-electron chi connectivity index (χ1n) is 5.50. The molecule has 0 amide bonds. The van der Waals surface area contributed by atoms with E-state index < -0.39 is 0 Å².